The first-order valence-corrected chi connectivity index (χ1v) is 7.77. The fraction of sp³-hybridized carbons (Fsp3) is 0.900. The zero-order valence-electron chi connectivity index (χ0n) is 10.0. The monoisotopic (exact) mass is 280 g/mol. The average molecular weight is 280 g/mol. The summed E-state index contributed by atoms with van der Waals surface area (Å²) in [5, 5.41) is 8.18. The van der Waals surface area contributed by atoms with Crippen LogP contribution in [0, 0.1) is 0 Å². The highest BCUT2D eigenvalue weighted by Gasteiger charge is 2.38. The summed E-state index contributed by atoms with van der Waals surface area (Å²) in [6.07, 6.45) is 3.11. The molecular weight excluding hydrogens is 260 g/mol. The quantitative estimate of drug-likeness (QED) is 0.652. The van der Waals surface area contributed by atoms with Crippen molar-refractivity contribution in [3.05, 3.63) is 0 Å². The van der Waals surface area contributed by atoms with E-state index in [0.717, 1.165) is 19.3 Å². The fourth-order valence-electron chi connectivity index (χ4n) is 2.01. The second-order valence-corrected chi connectivity index (χ2v) is 6.80. The van der Waals surface area contributed by atoms with Gasteiger partial charge in [-0.05, 0) is 19.3 Å². The van der Waals surface area contributed by atoms with Crippen LogP contribution in [-0.4, -0.2) is 47.3 Å². The van der Waals surface area contributed by atoms with Crippen molar-refractivity contribution in [2.24, 2.45) is 5.73 Å². The van der Waals surface area contributed by atoms with Gasteiger partial charge in [0.05, 0.1) is 11.6 Å². The van der Waals surface area contributed by atoms with Gasteiger partial charge in [-0.15, -0.1) is 0 Å². The Morgan fingerprint density at radius 1 is 1.59 bits per heavy atom. The average Bonchev–Trinajstić information content (AvgIpc) is 2.14. The van der Waals surface area contributed by atoms with Gasteiger partial charge < -0.3 is 10.8 Å². The lowest BCUT2D eigenvalue weighted by molar-refractivity contribution is 0.177. The molecule has 0 saturated heterocycles. The second kappa shape index (κ2) is 6.08. The largest absolute Gasteiger partial charge is 0.395 e. The van der Waals surface area contributed by atoms with E-state index in [1.807, 2.05) is 0 Å². The van der Waals surface area contributed by atoms with E-state index in [1.54, 1.807) is 6.92 Å². The van der Waals surface area contributed by atoms with Crippen molar-refractivity contribution in [1.82, 2.24) is 4.31 Å². The SMILES string of the molecule is CCC(C(N)=S)S(=O)(=O)N(CCO)C1CCC1. The molecule has 17 heavy (non-hydrogen) atoms. The molecule has 0 bridgehead atoms. The molecule has 7 heteroatoms. The first-order chi connectivity index (χ1) is 7.95. The predicted molar refractivity (Wildman–Crippen MR) is 71.2 cm³/mol. The fourth-order valence-corrected chi connectivity index (χ4v) is 4.55. The Labute approximate surface area is 108 Å². The Hall–Kier alpha value is -0.240. The first kappa shape index (κ1) is 14.8. The number of aliphatic hydroxyl groups is 1. The molecule has 1 fully saturated rings. The van der Waals surface area contributed by atoms with Crippen LogP contribution in [0.1, 0.15) is 32.6 Å². The maximum atomic E-state index is 12.4. The maximum Gasteiger partial charge on any atom is 0.223 e. The molecule has 0 amide bonds. The number of nitrogens with zero attached hydrogens (tertiary/aromatic N) is 1. The highest BCUT2D eigenvalue weighted by molar-refractivity contribution is 7.92. The molecule has 0 aliphatic heterocycles. The second-order valence-electron chi connectivity index (χ2n) is 4.26. The molecule has 1 unspecified atom stereocenters. The minimum Gasteiger partial charge on any atom is -0.395 e. The standard InChI is InChI=1S/C10H20N2O3S2/c1-2-9(10(11)16)17(14,15)12(6-7-13)8-4-3-5-8/h8-9,13H,2-7H2,1H3,(H2,11,16). The predicted octanol–water partition coefficient (Wildman–Crippen LogP) is 0.228. The molecule has 1 aliphatic carbocycles. The molecule has 0 aromatic heterocycles. The molecule has 1 saturated carbocycles. The van der Waals surface area contributed by atoms with Crippen molar-refractivity contribution in [1.29, 1.82) is 0 Å². The van der Waals surface area contributed by atoms with Gasteiger partial charge in [-0.1, -0.05) is 25.6 Å². The van der Waals surface area contributed by atoms with Crippen LogP contribution < -0.4 is 5.73 Å². The minimum atomic E-state index is -3.53. The Morgan fingerprint density at radius 2 is 2.18 bits per heavy atom. The van der Waals surface area contributed by atoms with Gasteiger partial charge in [0.1, 0.15) is 5.25 Å². The highest BCUT2D eigenvalue weighted by Crippen LogP contribution is 2.28. The molecule has 0 aromatic rings. The van der Waals surface area contributed by atoms with Crippen molar-refractivity contribution < 1.29 is 13.5 Å². The molecule has 1 atom stereocenters. The molecule has 0 spiro atoms. The maximum absolute atomic E-state index is 12.4. The first-order valence-electron chi connectivity index (χ1n) is 5.86. The zero-order valence-corrected chi connectivity index (χ0v) is 11.6. The number of hydrogen-bond acceptors (Lipinski definition) is 4. The highest BCUT2D eigenvalue weighted by atomic mass is 32.2. The van der Waals surface area contributed by atoms with Gasteiger partial charge in [-0.3, -0.25) is 0 Å². The van der Waals surface area contributed by atoms with Gasteiger partial charge in [0.15, 0.2) is 0 Å². The van der Waals surface area contributed by atoms with E-state index in [4.69, 9.17) is 23.1 Å². The van der Waals surface area contributed by atoms with Crippen LogP contribution in [-0.2, 0) is 10.0 Å². The van der Waals surface area contributed by atoms with Crippen molar-refractivity contribution in [3.8, 4) is 0 Å². The molecule has 5 nitrogen and oxygen atoms in total. The van der Waals surface area contributed by atoms with Gasteiger partial charge in [0, 0.05) is 12.6 Å². The van der Waals surface area contributed by atoms with Gasteiger partial charge in [0.25, 0.3) is 0 Å². The third-order valence-corrected chi connectivity index (χ3v) is 6.05. The molecule has 0 radical (unpaired) electrons. The summed E-state index contributed by atoms with van der Waals surface area (Å²) in [5.74, 6) is 0. The van der Waals surface area contributed by atoms with Gasteiger partial charge in [-0.2, -0.15) is 4.31 Å². The smallest absolute Gasteiger partial charge is 0.223 e. The lowest BCUT2D eigenvalue weighted by Crippen LogP contribution is -2.51. The summed E-state index contributed by atoms with van der Waals surface area (Å²) in [5.41, 5.74) is 5.49. The van der Waals surface area contributed by atoms with Crippen LogP contribution in [0.4, 0.5) is 0 Å². The number of sulfonamides is 1. The normalized spacial score (nSPS) is 19.0. The lowest BCUT2D eigenvalue weighted by Gasteiger charge is -2.38. The van der Waals surface area contributed by atoms with Gasteiger partial charge >= 0.3 is 0 Å². The summed E-state index contributed by atoms with van der Waals surface area (Å²) in [6, 6.07) is 0.00977. The van der Waals surface area contributed by atoms with Crippen LogP contribution in [0.2, 0.25) is 0 Å². The third kappa shape index (κ3) is 3.15. The van der Waals surface area contributed by atoms with E-state index in [2.05, 4.69) is 0 Å². The van der Waals surface area contributed by atoms with E-state index < -0.39 is 15.3 Å². The summed E-state index contributed by atoms with van der Waals surface area (Å²) in [7, 11) is -3.53. The summed E-state index contributed by atoms with van der Waals surface area (Å²) in [6.45, 7) is 1.70. The van der Waals surface area contributed by atoms with Crippen LogP contribution in [0.25, 0.3) is 0 Å². The summed E-state index contributed by atoms with van der Waals surface area (Å²) in [4.78, 5) is 0.00904. The zero-order chi connectivity index (χ0) is 13.1. The van der Waals surface area contributed by atoms with E-state index >= 15 is 0 Å². The molecule has 1 aliphatic rings. The van der Waals surface area contributed by atoms with Crippen molar-refractivity contribution in [2.45, 2.75) is 43.9 Å². The van der Waals surface area contributed by atoms with Crippen molar-refractivity contribution >= 4 is 27.2 Å². The Kier molecular flexibility index (Phi) is 5.30. The van der Waals surface area contributed by atoms with E-state index in [0.29, 0.717) is 6.42 Å². The topological polar surface area (TPSA) is 83.6 Å². The van der Waals surface area contributed by atoms with E-state index in [-0.39, 0.29) is 24.2 Å². The molecule has 3 N–H and O–H groups in total. The van der Waals surface area contributed by atoms with Crippen LogP contribution >= 0.6 is 12.2 Å². The summed E-state index contributed by atoms with van der Waals surface area (Å²) >= 11 is 4.82. The minimum absolute atomic E-state index is 0.00904. The van der Waals surface area contributed by atoms with Crippen LogP contribution in [0.5, 0.6) is 0 Å². The van der Waals surface area contributed by atoms with Crippen molar-refractivity contribution in [2.75, 3.05) is 13.2 Å². The van der Waals surface area contributed by atoms with Gasteiger partial charge in [0.2, 0.25) is 10.0 Å². The third-order valence-electron chi connectivity index (χ3n) is 3.18. The number of thiocarbonyl (C=S) groups is 1. The van der Waals surface area contributed by atoms with Crippen LogP contribution in [0.15, 0.2) is 0 Å². The number of rotatable bonds is 7. The van der Waals surface area contributed by atoms with Crippen LogP contribution in [0.3, 0.4) is 0 Å². The molecule has 0 aromatic carbocycles. The van der Waals surface area contributed by atoms with E-state index in [1.165, 1.54) is 4.31 Å². The lowest BCUT2D eigenvalue weighted by atomic mass is 9.93. The van der Waals surface area contributed by atoms with E-state index in [9.17, 15) is 8.42 Å². The number of nitrogens with two attached hydrogens (primary N) is 1. The molecule has 100 valence electrons. The Balaban J connectivity index is 2.93. The Bertz CT molecular complexity index is 366. The Morgan fingerprint density at radius 3 is 2.47 bits per heavy atom. The summed E-state index contributed by atoms with van der Waals surface area (Å²) < 4.78 is 26.1. The number of aliphatic hydroxyl groups excluding tert-OH is 1. The van der Waals surface area contributed by atoms with Crippen molar-refractivity contribution in [3.63, 3.8) is 0 Å². The number of hydrogen-bond donors (Lipinski definition) is 2. The molecule has 1 rings (SSSR count). The molecular formula is C10H20N2O3S2. The molecule has 0 heterocycles. The van der Waals surface area contributed by atoms with Gasteiger partial charge in [-0.25, -0.2) is 8.42 Å².